The van der Waals surface area contributed by atoms with Crippen LogP contribution in [0.3, 0.4) is 0 Å². The first kappa shape index (κ1) is 13.9. The molecule has 104 valence electrons. The van der Waals surface area contributed by atoms with Gasteiger partial charge < -0.3 is 14.6 Å². The highest BCUT2D eigenvalue weighted by atomic mass is 16.5. The molecule has 0 aliphatic heterocycles. The van der Waals surface area contributed by atoms with Crippen molar-refractivity contribution in [1.29, 1.82) is 0 Å². The minimum atomic E-state index is -0.979. The third-order valence-corrected chi connectivity index (χ3v) is 3.16. The molecule has 0 fully saturated rings. The lowest BCUT2D eigenvalue weighted by atomic mass is 9.97. The third-order valence-electron chi connectivity index (χ3n) is 3.16. The molecule has 4 heteroatoms. The van der Waals surface area contributed by atoms with E-state index in [0.29, 0.717) is 11.3 Å². The molecule has 4 nitrogen and oxygen atoms in total. The number of benzene rings is 2. The second kappa shape index (κ2) is 5.65. The zero-order valence-electron chi connectivity index (χ0n) is 11.6. The molecule has 2 aromatic rings. The molecule has 0 unspecified atom stereocenters. The average Bonchev–Trinajstić information content (AvgIpc) is 2.46. The number of hydrogen-bond donors (Lipinski definition) is 1. The summed E-state index contributed by atoms with van der Waals surface area (Å²) < 4.78 is 10.3. The quantitative estimate of drug-likeness (QED) is 0.927. The van der Waals surface area contributed by atoms with E-state index in [9.17, 15) is 9.90 Å². The lowest BCUT2D eigenvalue weighted by molar-refractivity contribution is 0.0697. The van der Waals surface area contributed by atoms with E-state index in [2.05, 4.69) is 0 Å². The molecule has 2 rings (SSSR count). The molecule has 0 atom stereocenters. The highest BCUT2D eigenvalue weighted by Gasteiger charge is 2.14. The van der Waals surface area contributed by atoms with Gasteiger partial charge in [0.1, 0.15) is 11.5 Å². The van der Waals surface area contributed by atoms with Gasteiger partial charge in [-0.1, -0.05) is 6.07 Å². The Kier molecular flexibility index (Phi) is 3.94. The molecule has 0 radical (unpaired) electrons. The third kappa shape index (κ3) is 2.59. The Labute approximate surface area is 117 Å². The molecule has 20 heavy (non-hydrogen) atoms. The largest absolute Gasteiger partial charge is 0.497 e. The molecule has 1 N–H and O–H groups in total. The zero-order chi connectivity index (χ0) is 14.7. The Morgan fingerprint density at radius 3 is 2.35 bits per heavy atom. The molecule has 0 spiro atoms. The zero-order valence-corrected chi connectivity index (χ0v) is 11.6. The average molecular weight is 272 g/mol. The van der Waals surface area contributed by atoms with E-state index in [1.165, 1.54) is 13.2 Å². The van der Waals surface area contributed by atoms with Crippen LogP contribution in [0.2, 0.25) is 0 Å². The van der Waals surface area contributed by atoms with E-state index in [1.807, 2.05) is 25.1 Å². The van der Waals surface area contributed by atoms with Gasteiger partial charge in [-0.15, -0.1) is 0 Å². The van der Waals surface area contributed by atoms with E-state index >= 15 is 0 Å². The molecule has 0 saturated heterocycles. The standard InChI is InChI=1S/C16H16O4/c1-10-8-11(4-7-15(10)20-3)13-6-5-12(19-2)9-14(13)16(17)18/h4-9H,1-3H3,(H,17,18). The van der Waals surface area contributed by atoms with E-state index in [1.54, 1.807) is 19.2 Å². The summed E-state index contributed by atoms with van der Waals surface area (Å²) in [5.74, 6) is 0.322. The van der Waals surface area contributed by atoms with Crippen LogP contribution in [-0.4, -0.2) is 25.3 Å². The summed E-state index contributed by atoms with van der Waals surface area (Å²) in [6.07, 6.45) is 0. The lowest BCUT2D eigenvalue weighted by Crippen LogP contribution is -2.00. The van der Waals surface area contributed by atoms with Crippen molar-refractivity contribution in [3.63, 3.8) is 0 Å². The number of carbonyl (C=O) groups is 1. The van der Waals surface area contributed by atoms with Crippen molar-refractivity contribution in [2.75, 3.05) is 14.2 Å². The molecular formula is C16H16O4. The summed E-state index contributed by atoms with van der Waals surface area (Å²) in [7, 11) is 3.12. The highest BCUT2D eigenvalue weighted by molar-refractivity contribution is 5.96. The fourth-order valence-electron chi connectivity index (χ4n) is 2.12. The van der Waals surface area contributed by atoms with Crippen LogP contribution in [0.15, 0.2) is 36.4 Å². The summed E-state index contributed by atoms with van der Waals surface area (Å²) >= 11 is 0. The number of aromatic carboxylic acids is 1. The minimum Gasteiger partial charge on any atom is -0.497 e. The van der Waals surface area contributed by atoms with E-state index < -0.39 is 5.97 Å². The Balaban J connectivity index is 2.57. The van der Waals surface area contributed by atoms with Crippen molar-refractivity contribution < 1.29 is 19.4 Å². The molecular weight excluding hydrogens is 256 g/mol. The van der Waals surface area contributed by atoms with Crippen LogP contribution in [0.25, 0.3) is 11.1 Å². The number of aryl methyl sites for hydroxylation is 1. The minimum absolute atomic E-state index is 0.217. The molecule has 0 heterocycles. The Morgan fingerprint density at radius 2 is 1.80 bits per heavy atom. The number of carboxylic acid groups (broad SMARTS) is 1. The smallest absolute Gasteiger partial charge is 0.336 e. The number of ether oxygens (including phenoxy) is 2. The van der Waals surface area contributed by atoms with E-state index in [4.69, 9.17) is 9.47 Å². The van der Waals surface area contributed by atoms with Gasteiger partial charge >= 0.3 is 5.97 Å². The monoisotopic (exact) mass is 272 g/mol. The van der Waals surface area contributed by atoms with Gasteiger partial charge in [0.15, 0.2) is 0 Å². The van der Waals surface area contributed by atoms with E-state index in [0.717, 1.165) is 16.9 Å². The molecule has 0 aliphatic rings. The summed E-state index contributed by atoms with van der Waals surface area (Å²) in [5, 5.41) is 9.34. The van der Waals surface area contributed by atoms with Crippen molar-refractivity contribution in [3.8, 4) is 22.6 Å². The highest BCUT2D eigenvalue weighted by Crippen LogP contribution is 2.30. The topological polar surface area (TPSA) is 55.8 Å². The Morgan fingerprint density at radius 1 is 1.05 bits per heavy atom. The maximum atomic E-state index is 11.4. The SMILES string of the molecule is COc1ccc(-c2ccc(OC)c(C)c2)c(C(=O)O)c1. The van der Waals surface area contributed by atoms with Gasteiger partial charge in [0.2, 0.25) is 0 Å². The van der Waals surface area contributed by atoms with Gasteiger partial charge in [-0.25, -0.2) is 4.79 Å². The van der Waals surface area contributed by atoms with Crippen LogP contribution in [0.5, 0.6) is 11.5 Å². The molecule has 0 aromatic heterocycles. The predicted octanol–water partition coefficient (Wildman–Crippen LogP) is 3.38. The summed E-state index contributed by atoms with van der Waals surface area (Å²) in [6.45, 7) is 1.92. The van der Waals surface area contributed by atoms with Crippen molar-refractivity contribution in [2.45, 2.75) is 6.92 Å². The lowest BCUT2D eigenvalue weighted by Gasteiger charge is -2.11. The first-order valence-corrected chi connectivity index (χ1v) is 6.13. The molecule has 0 saturated carbocycles. The van der Waals surface area contributed by atoms with Gasteiger partial charge in [-0.2, -0.15) is 0 Å². The first-order valence-electron chi connectivity index (χ1n) is 6.13. The predicted molar refractivity (Wildman–Crippen MR) is 76.7 cm³/mol. The van der Waals surface area contributed by atoms with Gasteiger partial charge in [-0.05, 0) is 53.9 Å². The maximum absolute atomic E-state index is 11.4. The van der Waals surface area contributed by atoms with Crippen LogP contribution < -0.4 is 9.47 Å². The van der Waals surface area contributed by atoms with Crippen molar-refractivity contribution >= 4 is 5.97 Å². The van der Waals surface area contributed by atoms with Crippen molar-refractivity contribution in [2.24, 2.45) is 0 Å². The second-order valence-electron chi connectivity index (χ2n) is 4.40. The Hall–Kier alpha value is -2.49. The fraction of sp³-hybridized carbons (Fsp3) is 0.188. The van der Waals surface area contributed by atoms with Crippen LogP contribution in [0, 0.1) is 6.92 Å². The number of carboxylic acids is 1. The molecule has 0 aliphatic carbocycles. The van der Waals surface area contributed by atoms with Gasteiger partial charge in [-0.3, -0.25) is 0 Å². The Bertz CT molecular complexity index is 647. The fourth-order valence-corrected chi connectivity index (χ4v) is 2.12. The van der Waals surface area contributed by atoms with Crippen LogP contribution in [-0.2, 0) is 0 Å². The first-order chi connectivity index (χ1) is 9.56. The summed E-state index contributed by atoms with van der Waals surface area (Å²) in [5.41, 5.74) is 2.67. The normalized spacial score (nSPS) is 10.2. The van der Waals surface area contributed by atoms with Crippen LogP contribution in [0.1, 0.15) is 15.9 Å². The van der Waals surface area contributed by atoms with Crippen molar-refractivity contribution in [3.05, 3.63) is 47.5 Å². The molecule has 0 bridgehead atoms. The van der Waals surface area contributed by atoms with Gasteiger partial charge in [0.05, 0.1) is 19.8 Å². The maximum Gasteiger partial charge on any atom is 0.336 e. The number of methoxy groups -OCH3 is 2. The van der Waals surface area contributed by atoms with Crippen LogP contribution in [0.4, 0.5) is 0 Å². The van der Waals surface area contributed by atoms with Crippen molar-refractivity contribution in [1.82, 2.24) is 0 Å². The number of hydrogen-bond acceptors (Lipinski definition) is 3. The van der Waals surface area contributed by atoms with Gasteiger partial charge in [0.25, 0.3) is 0 Å². The van der Waals surface area contributed by atoms with Gasteiger partial charge in [0, 0.05) is 0 Å². The summed E-state index contributed by atoms with van der Waals surface area (Å²) in [6, 6.07) is 10.6. The molecule has 2 aromatic carbocycles. The van der Waals surface area contributed by atoms with E-state index in [-0.39, 0.29) is 5.56 Å². The van der Waals surface area contributed by atoms with Crippen LogP contribution >= 0.6 is 0 Å². The summed E-state index contributed by atoms with van der Waals surface area (Å²) in [4.78, 5) is 11.4. The second-order valence-corrected chi connectivity index (χ2v) is 4.40. The molecule has 0 amide bonds. The number of rotatable bonds is 4.